The molecule has 3 nitrogen and oxygen atoms in total. The molecule has 0 aliphatic carbocycles. The molecule has 1 rings (SSSR count). The summed E-state index contributed by atoms with van der Waals surface area (Å²) >= 11 is 4.96. The average Bonchev–Trinajstić information content (AvgIpc) is 2.63. The number of ether oxygens (including phenoxy) is 1. The molecule has 5 heteroatoms. The van der Waals surface area contributed by atoms with Crippen LogP contribution in [0, 0.1) is 6.92 Å². The summed E-state index contributed by atoms with van der Waals surface area (Å²) < 4.78 is 5.02. The predicted octanol–water partition coefficient (Wildman–Crippen LogP) is 2.54. The van der Waals surface area contributed by atoms with E-state index in [1.807, 2.05) is 25.4 Å². The van der Waals surface area contributed by atoms with Crippen LogP contribution >= 0.6 is 27.3 Å². The molecule has 0 saturated heterocycles. The van der Waals surface area contributed by atoms with Gasteiger partial charge in [0.2, 0.25) is 0 Å². The second-order valence-electron chi connectivity index (χ2n) is 3.67. The summed E-state index contributed by atoms with van der Waals surface area (Å²) in [5, 5.41) is 1.94. The molecule has 0 aromatic carbocycles. The van der Waals surface area contributed by atoms with Crippen molar-refractivity contribution in [3.8, 4) is 0 Å². The van der Waals surface area contributed by atoms with Crippen LogP contribution < -0.4 is 0 Å². The van der Waals surface area contributed by atoms with Gasteiger partial charge in [0, 0.05) is 20.7 Å². The van der Waals surface area contributed by atoms with Gasteiger partial charge in [-0.15, -0.1) is 11.3 Å². The van der Waals surface area contributed by atoms with Crippen LogP contribution in [0.15, 0.2) is 11.4 Å². The third-order valence-electron chi connectivity index (χ3n) is 2.22. The molecule has 1 atom stereocenters. The van der Waals surface area contributed by atoms with Crippen molar-refractivity contribution >= 4 is 33.2 Å². The topological polar surface area (TPSA) is 29.5 Å². The molecule has 1 amide bonds. The van der Waals surface area contributed by atoms with Gasteiger partial charge in [0.1, 0.15) is 0 Å². The van der Waals surface area contributed by atoms with E-state index >= 15 is 0 Å². The lowest BCUT2D eigenvalue weighted by molar-refractivity contribution is 0.0788. The average molecular weight is 306 g/mol. The molecule has 0 spiro atoms. The molecule has 1 unspecified atom stereocenters. The molecule has 0 bridgehead atoms. The van der Waals surface area contributed by atoms with Crippen molar-refractivity contribution in [3.63, 3.8) is 0 Å². The van der Waals surface area contributed by atoms with Gasteiger partial charge in [-0.3, -0.25) is 4.79 Å². The van der Waals surface area contributed by atoms with Gasteiger partial charge < -0.3 is 9.64 Å². The minimum absolute atomic E-state index is 0.0769. The van der Waals surface area contributed by atoms with E-state index in [-0.39, 0.29) is 10.7 Å². The van der Waals surface area contributed by atoms with E-state index in [4.69, 9.17) is 4.74 Å². The van der Waals surface area contributed by atoms with E-state index in [1.165, 1.54) is 11.3 Å². The van der Waals surface area contributed by atoms with Crippen molar-refractivity contribution in [1.29, 1.82) is 0 Å². The van der Waals surface area contributed by atoms with Gasteiger partial charge in [-0.25, -0.2) is 0 Å². The molecule has 0 radical (unpaired) electrons. The highest BCUT2D eigenvalue weighted by Crippen LogP contribution is 2.18. The maximum Gasteiger partial charge on any atom is 0.263 e. The van der Waals surface area contributed by atoms with Gasteiger partial charge in [-0.2, -0.15) is 0 Å². The first-order valence-electron chi connectivity index (χ1n) is 4.98. The zero-order valence-corrected chi connectivity index (χ0v) is 12.1. The van der Waals surface area contributed by atoms with Crippen LogP contribution in [0.4, 0.5) is 0 Å². The summed E-state index contributed by atoms with van der Waals surface area (Å²) in [5.74, 6) is 0.0769. The van der Waals surface area contributed by atoms with E-state index in [0.717, 1.165) is 10.4 Å². The van der Waals surface area contributed by atoms with Crippen LogP contribution in [0.2, 0.25) is 0 Å². The highest BCUT2D eigenvalue weighted by Gasteiger charge is 2.17. The third-order valence-corrected chi connectivity index (χ3v) is 3.78. The molecule has 1 aromatic heterocycles. The number of carbonyl (C=O) groups excluding carboxylic acids is 1. The largest absolute Gasteiger partial charge is 0.383 e. The first-order valence-corrected chi connectivity index (χ1v) is 6.78. The Balaban J connectivity index is 2.58. The van der Waals surface area contributed by atoms with Crippen molar-refractivity contribution in [2.45, 2.75) is 11.8 Å². The lowest BCUT2D eigenvalue weighted by Gasteiger charge is -2.19. The van der Waals surface area contributed by atoms with Gasteiger partial charge in [-0.1, -0.05) is 15.9 Å². The van der Waals surface area contributed by atoms with Crippen molar-refractivity contribution in [3.05, 3.63) is 21.9 Å². The van der Waals surface area contributed by atoms with Crippen LogP contribution in [0.25, 0.3) is 0 Å². The number of halogens is 1. The van der Waals surface area contributed by atoms with Crippen LogP contribution in [0.1, 0.15) is 15.2 Å². The van der Waals surface area contributed by atoms with Gasteiger partial charge >= 0.3 is 0 Å². The Morgan fingerprint density at radius 3 is 2.88 bits per heavy atom. The third kappa shape index (κ3) is 3.57. The summed E-state index contributed by atoms with van der Waals surface area (Å²) in [4.78, 5) is 14.8. The molecule has 16 heavy (non-hydrogen) atoms. The molecule has 1 aromatic rings. The molecule has 1 heterocycles. The zero-order valence-electron chi connectivity index (χ0n) is 9.70. The van der Waals surface area contributed by atoms with Crippen molar-refractivity contribution in [2.75, 3.05) is 27.3 Å². The lowest BCUT2D eigenvalue weighted by Crippen LogP contribution is -2.33. The summed E-state index contributed by atoms with van der Waals surface area (Å²) in [7, 11) is 3.46. The smallest absolute Gasteiger partial charge is 0.263 e. The SMILES string of the molecule is COCC(Br)CN(C)C(=O)c1sccc1C. The highest BCUT2D eigenvalue weighted by atomic mass is 79.9. The Kier molecular flexibility index (Phi) is 5.44. The summed E-state index contributed by atoms with van der Waals surface area (Å²) in [6.07, 6.45) is 0. The molecule has 90 valence electrons. The quantitative estimate of drug-likeness (QED) is 0.782. The lowest BCUT2D eigenvalue weighted by atomic mass is 10.2. The van der Waals surface area contributed by atoms with Gasteiger partial charge in [-0.05, 0) is 23.9 Å². The van der Waals surface area contributed by atoms with Gasteiger partial charge in [0.15, 0.2) is 0 Å². The van der Waals surface area contributed by atoms with E-state index in [0.29, 0.717) is 13.2 Å². The molecule has 0 N–H and O–H groups in total. The minimum atomic E-state index is 0.0769. The monoisotopic (exact) mass is 305 g/mol. The fourth-order valence-corrected chi connectivity index (χ4v) is 3.00. The molecule has 0 aliphatic rings. The van der Waals surface area contributed by atoms with Crippen molar-refractivity contribution in [1.82, 2.24) is 4.90 Å². The van der Waals surface area contributed by atoms with Crippen molar-refractivity contribution in [2.24, 2.45) is 0 Å². The number of hydrogen-bond donors (Lipinski definition) is 0. The number of methoxy groups -OCH3 is 1. The maximum absolute atomic E-state index is 12.0. The highest BCUT2D eigenvalue weighted by molar-refractivity contribution is 9.09. The molecule has 0 fully saturated rings. The Morgan fingerprint density at radius 2 is 2.38 bits per heavy atom. The minimum Gasteiger partial charge on any atom is -0.383 e. The van der Waals surface area contributed by atoms with Crippen molar-refractivity contribution < 1.29 is 9.53 Å². The molecule has 0 aliphatic heterocycles. The summed E-state index contributed by atoms with van der Waals surface area (Å²) in [5.41, 5.74) is 1.04. The van der Waals surface area contributed by atoms with Crippen LogP contribution in [0.3, 0.4) is 0 Å². The predicted molar refractivity (Wildman–Crippen MR) is 70.6 cm³/mol. The van der Waals surface area contributed by atoms with Crippen LogP contribution in [0.5, 0.6) is 0 Å². The van der Waals surface area contributed by atoms with Gasteiger partial charge in [0.05, 0.1) is 16.3 Å². The second-order valence-corrected chi connectivity index (χ2v) is 5.88. The number of aryl methyl sites for hydroxylation is 1. The fraction of sp³-hybridized carbons (Fsp3) is 0.545. The Labute approximate surface area is 109 Å². The first-order chi connectivity index (χ1) is 7.56. The van der Waals surface area contributed by atoms with Gasteiger partial charge in [0.25, 0.3) is 5.91 Å². The van der Waals surface area contributed by atoms with Crippen LogP contribution in [-0.4, -0.2) is 42.9 Å². The Hall–Kier alpha value is -0.390. The summed E-state index contributed by atoms with van der Waals surface area (Å²) in [6.45, 7) is 3.20. The number of hydrogen-bond acceptors (Lipinski definition) is 3. The number of rotatable bonds is 5. The Bertz CT molecular complexity index is 354. The van der Waals surface area contributed by atoms with Crippen LogP contribution in [-0.2, 0) is 4.74 Å². The molecular formula is C11H16BrNO2S. The first kappa shape index (κ1) is 13.7. The molecule has 0 saturated carbocycles. The fourth-order valence-electron chi connectivity index (χ4n) is 1.38. The van der Waals surface area contributed by atoms with E-state index in [2.05, 4.69) is 15.9 Å². The van der Waals surface area contributed by atoms with E-state index < -0.39 is 0 Å². The Morgan fingerprint density at radius 1 is 1.69 bits per heavy atom. The number of carbonyl (C=O) groups is 1. The number of amides is 1. The number of alkyl halides is 1. The second kappa shape index (κ2) is 6.37. The van der Waals surface area contributed by atoms with E-state index in [9.17, 15) is 4.79 Å². The molecular weight excluding hydrogens is 290 g/mol. The number of nitrogens with zero attached hydrogens (tertiary/aromatic N) is 1. The number of thiophene rings is 1. The normalized spacial score (nSPS) is 12.5. The maximum atomic E-state index is 12.0. The zero-order chi connectivity index (χ0) is 12.1. The van der Waals surface area contributed by atoms with E-state index in [1.54, 1.807) is 12.0 Å². The standard InChI is InChI=1S/C11H16BrNO2S/c1-8-4-5-16-10(8)11(14)13(2)6-9(12)7-15-3/h4-5,9H,6-7H2,1-3H3. The summed E-state index contributed by atoms with van der Waals surface area (Å²) in [6, 6.07) is 1.96.